The van der Waals surface area contributed by atoms with Crippen LogP contribution in [-0.4, -0.2) is 56.7 Å². The molecule has 2 heterocycles. The molecule has 0 spiro atoms. The molecule has 0 aliphatic carbocycles. The maximum Gasteiger partial charge on any atom is 0.231 e. The van der Waals surface area contributed by atoms with E-state index in [9.17, 15) is 13.2 Å². The Bertz CT molecular complexity index is 1610. The summed E-state index contributed by atoms with van der Waals surface area (Å²) in [6.45, 7) is 2.48. The smallest absolute Gasteiger partial charge is 0.231 e. The maximum atomic E-state index is 13.7. The average Bonchev–Trinajstić information content (AvgIpc) is 3.00. The van der Waals surface area contributed by atoms with Gasteiger partial charge in [-0.05, 0) is 60.9 Å². The summed E-state index contributed by atoms with van der Waals surface area (Å²) in [7, 11) is -1.70. The second-order valence-electron chi connectivity index (χ2n) is 10.6. The van der Waals surface area contributed by atoms with Crippen LogP contribution < -0.4 is 19.1 Å². The number of nitrogens with zero attached hydrogens (tertiary/aromatic N) is 3. The lowest BCUT2D eigenvalue weighted by Crippen LogP contribution is -2.48. The standard InChI is InChI=1S/C33H36N4O5S/c1-41-31-11-7-6-8-26(31)22-33(38)37(28-9-4-3-5-10-28)29-18-20-36(21-19-29)24-25-12-17-32(34-23-25)42-30-15-13-27(14-16-30)35-43(2,39)40/h3-17,23,29,35H,18-22,24H2,1-2H3. The van der Waals surface area contributed by atoms with Crippen molar-refractivity contribution < 1.29 is 22.7 Å². The number of rotatable bonds is 11. The fourth-order valence-electron chi connectivity index (χ4n) is 5.33. The van der Waals surface area contributed by atoms with Crippen molar-refractivity contribution in [2.24, 2.45) is 0 Å². The zero-order valence-corrected chi connectivity index (χ0v) is 25.2. The van der Waals surface area contributed by atoms with Gasteiger partial charge >= 0.3 is 0 Å². The van der Waals surface area contributed by atoms with E-state index in [-0.39, 0.29) is 18.4 Å². The summed E-state index contributed by atoms with van der Waals surface area (Å²) in [4.78, 5) is 22.5. The van der Waals surface area contributed by atoms with Gasteiger partial charge in [0.05, 0.1) is 19.8 Å². The highest BCUT2D eigenvalue weighted by Crippen LogP contribution is 2.28. The first kappa shape index (κ1) is 30.1. The summed E-state index contributed by atoms with van der Waals surface area (Å²) in [5, 5.41) is 0. The lowest BCUT2D eigenvalue weighted by molar-refractivity contribution is -0.118. The molecule has 1 amide bonds. The van der Waals surface area contributed by atoms with Gasteiger partial charge in [0.25, 0.3) is 0 Å². The Labute approximate surface area is 253 Å². The molecule has 0 saturated carbocycles. The Hall–Kier alpha value is -4.41. The molecule has 0 radical (unpaired) electrons. The predicted octanol–water partition coefficient (Wildman–Crippen LogP) is 5.49. The van der Waals surface area contributed by atoms with Gasteiger partial charge in [0, 0.05) is 54.9 Å². The first-order chi connectivity index (χ1) is 20.8. The molecular weight excluding hydrogens is 564 g/mol. The van der Waals surface area contributed by atoms with Crippen LogP contribution in [0.5, 0.6) is 17.4 Å². The minimum Gasteiger partial charge on any atom is -0.496 e. The van der Waals surface area contributed by atoms with Crippen molar-refractivity contribution in [3.8, 4) is 17.4 Å². The Morgan fingerprint density at radius 2 is 1.65 bits per heavy atom. The van der Waals surface area contributed by atoms with Crippen LogP contribution in [0.2, 0.25) is 0 Å². The number of aromatic nitrogens is 1. The molecule has 0 unspecified atom stereocenters. The summed E-state index contributed by atoms with van der Waals surface area (Å²) in [5.41, 5.74) is 3.34. The molecule has 10 heteroatoms. The fraction of sp³-hybridized carbons (Fsp3) is 0.273. The van der Waals surface area contributed by atoms with E-state index < -0.39 is 10.0 Å². The van der Waals surface area contributed by atoms with E-state index in [1.54, 1.807) is 31.4 Å². The molecule has 1 N–H and O–H groups in total. The topological polar surface area (TPSA) is 101 Å². The third kappa shape index (κ3) is 8.33. The number of para-hydroxylation sites is 2. The largest absolute Gasteiger partial charge is 0.496 e. The molecule has 43 heavy (non-hydrogen) atoms. The van der Waals surface area contributed by atoms with Crippen LogP contribution >= 0.6 is 0 Å². The molecule has 1 saturated heterocycles. The van der Waals surface area contributed by atoms with Crippen molar-refractivity contribution in [2.45, 2.75) is 31.8 Å². The van der Waals surface area contributed by atoms with Gasteiger partial charge in [0.15, 0.2) is 0 Å². The van der Waals surface area contributed by atoms with E-state index in [2.05, 4.69) is 14.6 Å². The van der Waals surface area contributed by atoms with Crippen LogP contribution in [-0.2, 0) is 27.8 Å². The van der Waals surface area contributed by atoms with E-state index in [4.69, 9.17) is 9.47 Å². The number of hydrogen-bond acceptors (Lipinski definition) is 7. The quantitative estimate of drug-likeness (QED) is 0.243. The molecule has 0 bridgehead atoms. The Morgan fingerprint density at radius 3 is 2.30 bits per heavy atom. The number of carbonyl (C=O) groups is 1. The van der Waals surface area contributed by atoms with Crippen molar-refractivity contribution in [3.63, 3.8) is 0 Å². The molecule has 5 rings (SSSR count). The van der Waals surface area contributed by atoms with Gasteiger partial charge in [-0.2, -0.15) is 0 Å². The Kier molecular flexibility index (Phi) is 9.58. The molecular formula is C33H36N4O5S. The molecule has 4 aromatic rings. The molecule has 0 atom stereocenters. The third-order valence-electron chi connectivity index (χ3n) is 7.34. The highest BCUT2D eigenvalue weighted by atomic mass is 32.2. The van der Waals surface area contributed by atoms with Gasteiger partial charge in [-0.3, -0.25) is 14.4 Å². The minimum atomic E-state index is -3.33. The average molecular weight is 601 g/mol. The number of carbonyl (C=O) groups excluding carboxylic acids is 1. The zero-order chi connectivity index (χ0) is 30.2. The van der Waals surface area contributed by atoms with Crippen molar-refractivity contribution in [3.05, 3.63) is 108 Å². The molecule has 9 nitrogen and oxygen atoms in total. The van der Waals surface area contributed by atoms with Crippen molar-refractivity contribution in [2.75, 3.05) is 36.1 Å². The van der Waals surface area contributed by atoms with Gasteiger partial charge < -0.3 is 14.4 Å². The number of hydrogen-bond donors (Lipinski definition) is 1. The number of sulfonamides is 1. The van der Waals surface area contributed by atoms with Crippen LogP contribution in [0.3, 0.4) is 0 Å². The van der Waals surface area contributed by atoms with Gasteiger partial charge in [0.2, 0.25) is 21.8 Å². The van der Waals surface area contributed by atoms with Crippen molar-refractivity contribution in [1.29, 1.82) is 0 Å². The molecule has 224 valence electrons. The number of ether oxygens (including phenoxy) is 2. The van der Waals surface area contributed by atoms with Crippen LogP contribution in [0, 0.1) is 0 Å². The summed E-state index contributed by atoms with van der Waals surface area (Å²) < 4.78 is 36.5. The van der Waals surface area contributed by atoms with Crippen LogP contribution in [0.4, 0.5) is 11.4 Å². The molecule has 1 aliphatic heterocycles. The van der Waals surface area contributed by atoms with Gasteiger partial charge in [-0.1, -0.05) is 42.5 Å². The van der Waals surface area contributed by atoms with E-state index in [1.165, 1.54) is 0 Å². The van der Waals surface area contributed by atoms with Crippen molar-refractivity contribution in [1.82, 2.24) is 9.88 Å². The van der Waals surface area contributed by atoms with E-state index >= 15 is 0 Å². The molecule has 1 fully saturated rings. The number of anilines is 2. The van der Waals surface area contributed by atoms with Crippen molar-refractivity contribution >= 4 is 27.3 Å². The predicted molar refractivity (Wildman–Crippen MR) is 168 cm³/mol. The number of likely N-dealkylation sites (tertiary alicyclic amines) is 1. The van der Waals surface area contributed by atoms with Gasteiger partial charge in [-0.25, -0.2) is 13.4 Å². The molecule has 1 aromatic heterocycles. The Balaban J connectivity index is 1.17. The first-order valence-electron chi connectivity index (χ1n) is 14.2. The van der Waals surface area contributed by atoms with E-state index in [0.29, 0.717) is 17.3 Å². The number of piperidine rings is 1. The number of pyridine rings is 1. The zero-order valence-electron chi connectivity index (χ0n) is 24.3. The number of benzene rings is 3. The summed E-state index contributed by atoms with van der Waals surface area (Å²) >= 11 is 0. The SMILES string of the molecule is COc1ccccc1CC(=O)N(c1ccccc1)C1CCN(Cc2ccc(Oc3ccc(NS(C)(=O)=O)cc3)nc2)CC1. The maximum absolute atomic E-state index is 13.7. The van der Waals surface area contributed by atoms with Crippen LogP contribution in [0.1, 0.15) is 24.0 Å². The van der Waals surface area contributed by atoms with E-state index in [1.807, 2.05) is 77.8 Å². The number of methoxy groups -OCH3 is 1. The number of amides is 1. The first-order valence-corrected chi connectivity index (χ1v) is 16.1. The minimum absolute atomic E-state index is 0.0650. The molecule has 3 aromatic carbocycles. The van der Waals surface area contributed by atoms with Gasteiger partial charge in [0.1, 0.15) is 11.5 Å². The second-order valence-corrected chi connectivity index (χ2v) is 12.3. The van der Waals surface area contributed by atoms with Gasteiger partial charge in [-0.15, -0.1) is 0 Å². The summed E-state index contributed by atoms with van der Waals surface area (Å²) in [6.07, 6.45) is 4.93. The summed E-state index contributed by atoms with van der Waals surface area (Å²) in [5.74, 6) is 1.81. The second kappa shape index (κ2) is 13.7. The highest BCUT2D eigenvalue weighted by molar-refractivity contribution is 7.92. The highest BCUT2D eigenvalue weighted by Gasteiger charge is 2.29. The Morgan fingerprint density at radius 1 is 0.953 bits per heavy atom. The summed E-state index contributed by atoms with van der Waals surface area (Å²) in [6, 6.07) is 28.2. The fourth-order valence-corrected chi connectivity index (χ4v) is 5.89. The third-order valence-corrected chi connectivity index (χ3v) is 7.95. The van der Waals surface area contributed by atoms with E-state index in [0.717, 1.165) is 61.3 Å². The lowest BCUT2D eigenvalue weighted by atomic mass is 10.00. The lowest BCUT2D eigenvalue weighted by Gasteiger charge is -2.38. The van der Waals surface area contributed by atoms with Crippen LogP contribution in [0.25, 0.3) is 0 Å². The molecule has 1 aliphatic rings. The normalized spacial score (nSPS) is 14.2. The van der Waals surface area contributed by atoms with Crippen LogP contribution in [0.15, 0.2) is 97.2 Å². The monoisotopic (exact) mass is 600 g/mol. The number of nitrogens with one attached hydrogen (secondary N) is 1.